The SMILES string of the molecule is O=C(Nc1ccc(Cl)cc1)[C@@H]1[C@@H]2C(=O)N(c3ccc(F)cc3)C(=O)[C@@H]2[C@H]2C=CC=NN21. The fourth-order valence-electron chi connectivity index (χ4n) is 4.43. The summed E-state index contributed by atoms with van der Waals surface area (Å²) in [5.74, 6) is -3.55. The summed E-state index contributed by atoms with van der Waals surface area (Å²) in [4.78, 5) is 40.9. The van der Waals surface area contributed by atoms with E-state index < -0.39 is 47.5 Å². The Bertz CT molecular complexity index is 1120. The van der Waals surface area contributed by atoms with Gasteiger partial charge in [0.05, 0.1) is 23.6 Å². The fourth-order valence-corrected chi connectivity index (χ4v) is 4.56. The first-order valence-electron chi connectivity index (χ1n) is 9.64. The maximum atomic E-state index is 13.3. The van der Waals surface area contributed by atoms with Gasteiger partial charge in [0.25, 0.3) is 0 Å². The van der Waals surface area contributed by atoms with Crippen molar-refractivity contribution in [2.45, 2.75) is 12.1 Å². The number of nitrogens with zero attached hydrogens (tertiary/aromatic N) is 3. The molecule has 156 valence electrons. The van der Waals surface area contributed by atoms with Gasteiger partial charge in [-0.15, -0.1) is 0 Å². The molecule has 0 unspecified atom stereocenters. The molecule has 0 aromatic heterocycles. The van der Waals surface area contributed by atoms with Crippen LogP contribution in [0.3, 0.4) is 0 Å². The number of fused-ring (bicyclic) bond motifs is 3. The molecule has 0 saturated carbocycles. The molecule has 3 aliphatic rings. The molecule has 31 heavy (non-hydrogen) atoms. The monoisotopic (exact) mass is 438 g/mol. The lowest BCUT2D eigenvalue weighted by atomic mass is 9.88. The highest BCUT2D eigenvalue weighted by Crippen LogP contribution is 2.45. The van der Waals surface area contributed by atoms with E-state index in [1.165, 1.54) is 35.5 Å². The van der Waals surface area contributed by atoms with Crippen LogP contribution in [0.1, 0.15) is 0 Å². The minimum Gasteiger partial charge on any atom is -0.324 e. The number of allylic oxidation sites excluding steroid dienone is 1. The maximum Gasteiger partial charge on any atom is 0.249 e. The average molecular weight is 439 g/mol. The van der Waals surface area contributed by atoms with Crippen molar-refractivity contribution in [2.75, 3.05) is 10.2 Å². The van der Waals surface area contributed by atoms with E-state index in [0.29, 0.717) is 10.7 Å². The highest BCUT2D eigenvalue weighted by atomic mass is 35.5. The molecule has 2 fully saturated rings. The Morgan fingerprint density at radius 3 is 2.39 bits per heavy atom. The number of halogens is 2. The van der Waals surface area contributed by atoms with E-state index in [9.17, 15) is 18.8 Å². The molecule has 3 aliphatic heterocycles. The summed E-state index contributed by atoms with van der Waals surface area (Å²) in [6.45, 7) is 0. The predicted molar refractivity (Wildman–Crippen MR) is 113 cm³/mol. The van der Waals surface area contributed by atoms with E-state index in [0.717, 1.165) is 4.90 Å². The van der Waals surface area contributed by atoms with Gasteiger partial charge < -0.3 is 5.32 Å². The lowest BCUT2D eigenvalue weighted by molar-refractivity contribution is -0.129. The third kappa shape index (κ3) is 3.11. The lowest BCUT2D eigenvalue weighted by Crippen LogP contribution is -2.47. The molecule has 2 aromatic rings. The normalized spacial score (nSPS) is 26.3. The van der Waals surface area contributed by atoms with Gasteiger partial charge in [-0.25, -0.2) is 9.29 Å². The van der Waals surface area contributed by atoms with Crippen molar-refractivity contribution < 1.29 is 18.8 Å². The number of amides is 3. The first-order valence-corrected chi connectivity index (χ1v) is 10.0. The van der Waals surface area contributed by atoms with Crippen LogP contribution in [-0.2, 0) is 14.4 Å². The van der Waals surface area contributed by atoms with Crippen molar-refractivity contribution in [3.05, 3.63) is 71.5 Å². The number of carbonyl (C=O) groups is 3. The van der Waals surface area contributed by atoms with Crippen molar-refractivity contribution in [3.8, 4) is 0 Å². The molecule has 0 spiro atoms. The molecule has 2 aromatic carbocycles. The van der Waals surface area contributed by atoms with Crippen LogP contribution in [-0.4, -0.2) is 41.0 Å². The Hall–Kier alpha value is -3.52. The van der Waals surface area contributed by atoms with Crippen molar-refractivity contribution >= 4 is 46.9 Å². The first kappa shape index (κ1) is 19.4. The van der Waals surface area contributed by atoms with Crippen LogP contribution in [0.25, 0.3) is 0 Å². The number of nitrogens with one attached hydrogen (secondary N) is 1. The van der Waals surface area contributed by atoms with E-state index in [-0.39, 0.29) is 5.69 Å². The molecule has 2 saturated heterocycles. The minimum atomic E-state index is -0.978. The summed E-state index contributed by atoms with van der Waals surface area (Å²) in [7, 11) is 0. The van der Waals surface area contributed by atoms with Crippen LogP contribution in [0, 0.1) is 17.7 Å². The molecule has 0 bridgehead atoms. The van der Waals surface area contributed by atoms with E-state index >= 15 is 0 Å². The highest BCUT2D eigenvalue weighted by Gasteiger charge is 2.64. The molecule has 0 aliphatic carbocycles. The summed E-state index contributed by atoms with van der Waals surface area (Å²) in [6, 6.07) is 10.2. The highest BCUT2D eigenvalue weighted by molar-refractivity contribution is 6.30. The Morgan fingerprint density at radius 2 is 1.68 bits per heavy atom. The zero-order chi connectivity index (χ0) is 21.7. The van der Waals surface area contributed by atoms with Gasteiger partial charge in [-0.2, -0.15) is 5.10 Å². The summed E-state index contributed by atoms with van der Waals surface area (Å²) in [6.07, 6.45) is 4.97. The van der Waals surface area contributed by atoms with E-state index in [1.807, 2.05) is 0 Å². The smallest absolute Gasteiger partial charge is 0.249 e. The van der Waals surface area contributed by atoms with Gasteiger partial charge in [-0.05, 0) is 54.6 Å². The summed E-state index contributed by atoms with van der Waals surface area (Å²) in [5.41, 5.74) is 0.788. The number of carbonyl (C=O) groups excluding carboxylic acids is 3. The molecule has 0 radical (unpaired) electrons. The van der Waals surface area contributed by atoms with E-state index in [1.54, 1.807) is 36.4 Å². The molecule has 3 amide bonds. The van der Waals surface area contributed by atoms with Gasteiger partial charge in [-0.3, -0.25) is 19.4 Å². The van der Waals surface area contributed by atoms with Gasteiger partial charge in [0, 0.05) is 16.9 Å². The van der Waals surface area contributed by atoms with Crippen LogP contribution in [0.5, 0.6) is 0 Å². The zero-order valence-corrected chi connectivity index (χ0v) is 16.7. The Labute approximate surface area is 181 Å². The molecule has 1 N–H and O–H groups in total. The summed E-state index contributed by atoms with van der Waals surface area (Å²) >= 11 is 5.90. The topological polar surface area (TPSA) is 82.1 Å². The lowest BCUT2D eigenvalue weighted by Gasteiger charge is -2.30. The fraction of sp³-hybridized carbons (Fsp3) is 0.182. The van der Waals surface area contributed by atoms with Crippen molar-refractivity contribution in [3.63, 3.8) is 0 Å². The molecule has 5 rings (SSSR count). The van der Waals surface area contributed by atoms with Crippen LogP contribution < -0.4 is 10.2 Å². The predicted octanol–water partition coefficient (Wildman–Crippen LogP) is 2.83. The number of anilines is 2. The average Bonchev–Trinajstić information content (AvgIpc) is 3.24. The maximum absolute atomic E-state index is 13.3. The second-order valence-corrected chi connectivity index (χ2v) is 7.94. The number of imide groups is 1. The van der Waals surface area contributed by atoms with E-state index in [4.69, 9.17) is 11.6 Å². The van der Waals surface area contributed by atoms with Crippen LogP contribution in [0.4, 0.5) is 15.8 Å². The largest absolute Gasteiger partial charge is 0.324 e. The van der Waals surface area contributed by atoms with Gasteiger partial charge in [0.2, 0.25) is 17.7 Å². The van der Waals surface area contributed by atoms with Gasteiger partial charge in [-0.1, -0.05) is 17.7 Å². The first-order chi connectivity index (χ1) is 15.0. The molecular formula is C22H16ClFN4O3. The number of benzene rings is 2. The quantitative estimate of drug-likeness (QED) is 0.747. The number of rotatable bonds is 3. The van der Waals surface area contributed by atoms with Crippen LogP contribution >= 0.6 is 11.6 Å². The molecule has 3 heterocycles. The molecule has 7 nitrogen and oxygen atoms in total. The Balaban J connectivity index is 1.50. The standard InChI is InChI=1S/C22H16ClFN4O3/c23-12-3-7-14(8-4-12)26-20(29)19-18-17(16-2-1-11-25-28(16)19)21(30)27(22(18)31)15-9-5-13(24)6-10-15/h1-11,16-19H,(H,26,29)/t16-,17-,18-,19+/m1/s1. The van der Waals surface area contributed by atoms with Crippen LogP contribution in [0.2, 0.25) is 5.02 Å². The second-order valence-electron chi connectivity index (χ2n) is 7.50. The van der Waals surface area contributed by atoms with E-state index in [2.05, 4.69) is 10.4 Å². The summed E-state index contributed by atoms with van der Waals surface area (Å²) in [5, 5.41) is 9.10. The molecule has 4 atom stereocenters. The minimum absolute atomic E-state index is 0.275. The third-order valence-electron chi connectivity index (χ3n) is 5.76. The Kier molecular flexibility index (Phi) is 4.59. The zero-order valence-electron chi connectivity index (χ0n) is 16.0. The molecular weight excluding hydrogens is 423 g/mol. The van der Waals surface area contributed by atoms with Gasteiger partial charge in [0.1, 0.15) is 11.9 Å². The van der Waals surface area contributed by atoms with Crippen molar-refractivity contribution in [1.82, 2.24) is 5.01 Å². The Morgan fingerprint density at radius 1 is 1.00 bits per heavy atom. The second kappa shape index (κ2) is 7.31. The van der Waals surface area contributed by atoms with Crippen LogP contribution in [0.15, 0.2) is 65.8 Å². The third-order valence-corrected chi connectivity index (χ3v) is 6.01. The number of hydrogen-bond acceptors (Lipinski definition) is 5. The van der Waals surface area contributed by atoms with Crippen molar-refractivity contribution in [2.24, 2.45) is 16.9 Å². The van der Waals surface area contributed by atoms with Gasteiger partial charge >= 0.3 is 0 Å². The number of hydrazone groups is 1. The van der Waals surface area contributed by atoms with Crippen molar-refractivity contribution in [1.29, 1.82) is 0 Å². The number of hydrogen-bond donors (Lipinski definition) is 1. The van der Waals surface area contributed by atoms with Gasteiger partial charge in [0.15, 0.2) is 0 Å². The summed E-state index contributed by atoms with van der Waals surface area (Å²) < 4.78 is 13.3. The molecule has 9 heteroatoms.